The summed E-state index contributed by atoms with van der Waals surface area (Å²) in [5.74, 6) is -8.05. The van der Waals surface area contributed by atoms with Gasteiger partial charge in [0.15, 0.2) is 5.82 Å². The molecule has 0 aliphatic heterocycles. The molecule has 0 saturated heterocycles. The summed E-state index contributed by atoms with van der Waals surface area (Å²) in [5.41, 5.74) is -0.323. The van der Waals surface area contributed by atoms with Gasteiger partial charge in [-0.1, -0.05) is 0 Å². The van der Waals surface area contributed by atoms with Crippen molar-refractivity contribution < 1.29 is 31.9 Å². The molecule has 172 valence electrons. The second kappa shape index (κ2) is 8.72. The molecule has 0 aromatic carbocycles. The molecule has 1 aliphatic rings. The number of aromatic hydroxyl groups is 1. The number of alkyl halides is 2. The molecule has 33 heavy (non-hydrogen) atoms. The number of halogens is 5. The van der Waals surface area contributed by atoms with Gasteiger partial charge >= 0.3 is 0 Å². The van der Waals surface area contributed by atoms with E-state index in [1.165, 1.54) is 12.3 Å². The van der Waals surface area contributed by atoms with Crippen molar-refractivity contribution in [3.63, 3.8) is 0 Å². The summed E-state index contributed by atoms with van der Waals surface area (Å²) < 4.78 is 69.4. The zero-order valence-corrected chi connectivity index (χ0v) is 17.0. The molecule has 1 amide bonds. The maximum absolute atomic E-state index is 14.5. The zero-order chi connectivity index (χ0) is 23.8. The Labute approximate surface area is 184 Å². The molecule has 0 atom stereocenters. The second-order valence-electron chi connectivity index (χ2n) is 7.72. The van der Waals surface area contributed by atoms with Gasteiger partial charge in [-0.2, -0.15) is 4.39 Å². The number of anilines is 1. The van der Waals surface area contributed by atoms with Crippen molar-refractivity contribution >= 4 is 11.6 Å². The zero-order valence-electron chi connectivity index (χ0n) is 17.0. The van der Waals surface area contributed by atoms with E-state index in [4.69, 9.17) is 0 Å². The lowest BCUT2D eigenvalue weighted by Gasteiger charge is -2.29. The molecule has 3 heterocycles. The predicted octanol–water partition coefficient (Wildman–Crippen LogP) is 5.21. The number of hydrogen-bond donors (Lipinski definition) is 2. The smallest absolute Gasteiger partial charge is 0.257 e. The lowest BCUT2D eigenvalue weighted by atomic mass is 9.83. The summed E-state index contributed by atoms with van der Waals surface area (Å²) in [5, 5.41) is 11.8. The Kier molecular flexibility index (Phi) is 5.96. The van der Waals surface area contributed by atoms with Gasteiger partial charge in [0.05, 0.1) is 23.1 Å². The summed E-state index contributed by atoms with van der Waals surface area (Å²) >= 11 is 0. The van der Waals surface area contributed by atoms with Crippen LogP contribution in [-0.4, -0.2) is 31.9 Å². The van der Waals surface area contributed by atoms with Gasteiger partial charge in [0, 0.05) is 42.3 Å². The Morgan fingerprint density at radius 2 is 1.76 bits per heavy atom. The highest BCUT2D eigenvalue weighted by molar-refractivity contribution is 6.06. The van der Waals surface area contributed by atoms with Gasteiger partial charge in [-0.25, -0.2) is 27.5 Å². The van der Waals surface area contributed by atoms with Crippen LogP contribution in [0.4, 0.5) is 27.6 Å². The third-order valence-electron chi connectivity index (χ3n) is 5.50. The Bertz CT molecular complexity index is 1210. The number of amides is 1. The lowest BCUT2D eigenvalue weighted by Crippen LogP contribution is -2.25. The molecular formula is C22H17F5N4O2. The minimum absolute atomic E-state index is 0.0300. The summed E-state index contributed by atoms with van der Waals surface area (Å²) in [6.45, 7) is 0. The van der Waals surface area contributed by atoms with Crippen LogP contribution in [-0.2, 0) is 0 Å². The topological polar surface area (TPSA) is 88.0 Å². The fraction of sp³-hybridized carbons (Fsp3) is 0.273. The van der Waals surface area contributed by atoms with Crippen LogP contribution >= 0.6 is 0 Å². The first-order chi connectivity index (χ1) is 15.6. The quantitative estimate of drug-likeness (QED) is 0.409. The molecule has 2 N–H and O–H groups in total. The maximum atomic E-state index is 14.5. The fourth-order valence-electron chi connectivity index (χ4n) is 3.81. The highest BCUT2D eigenvalue weighted by Gasteiger charge is 2.37. The van der Waals surface area contributed by atoms with E-state index in [2.05, 4.69) is 20.3 Å². The molecule has 11 heteroatoms. The van der Waals surface area contributed by atoms with E-state index in [1.807, 2.05) is 0 Å². The highest BCUT2D eigenvalue weighted by atomic mass is 19.3. The van der Waals surface area contributed by atoms with Crippen molar-refractivity contribution in [2.24, 2.45) is 0 Å². The van der Waals surface area contributed by atoms with E-state index >= 15 is 0 Å². The molecule has 0 bridgehead atoms. The highest BCUT2D eigenvalue weighted by Crippen LogP contribution is 2.44. The number of pyridine rings is 3. The van der Waals surface area contributed by atoms with Crippen molar-refractivity contribution in [1.29, 1.82) is 0 Å². The van der Waals surface area contributed by atoms with Crippen molar-refractivity contribution in [2.45, 2.75) is 37.5 Å². The average molecular weight is 464 g/mol. The van der Waals surface area contributed by atoms with E-state index < -0.39 is 41.2 Å². The van der Waals surface area contributed by atoms with Crippen molar-refractivity contribution in [3.8, 4) is 17.0 Å². The van der Waals surface area contributed by atoms with Gasteiger partial charge in [0.25, 0.3) is 5.91 Å². The molecular weight excluding hydrogens is 447 g/mol. The Balaban J connectivity index is 1.80. The number of nitrogens with one attached hydrogen (secondary N) is 1. The number of hydrogen-bond acceptors (Lipinski definition) is 5. The van der Waals surface area contributed by atoms with Crippen LogP contribution in [0.3, 0.4) is 0 Å². The molecule has 1 fully saturated rings. The molecule has 0 unspecified atom stereocenters. The van der Waals surface area contributed by atoms with E-state index in [0.29, 0.717) is 6.20 Å². The van der Waals surface area contributed by atoms with Crippen LogP contribution in [0.1, 0.15) is 47.7 Å². The van der Waals surface area contributed by atoms with Crippen LogP contribution in [0.15, 0.2) is 36.8 Å². The summed E-state index contributed by atoms with van der Waals surface area (Å²) in [4.78, 5) is 23.8. The number of carbonyl (C=O) groups excluding carboxylic acids is 1. The van der Waals surface area contributed by atoms with Crippen LogP contribution in [0, 0.1) is 17.6 Å². The molecule has 0 spiro atoms. The Morgan fingerprint density at radius 3 is 2.45 bits per heavy atom. The SMILES string of the molecule is O=C(Nc1c(-c2cc(F)cnc2F)ccnc1C1CCC(F)(F)CC1)c1cnc(O)c(F)c1. The third-order valence-corrected chi connectivity index (χ3v) is 5.50. The largest absolute Gasteiger partial charge is 0.491 e. The maximum Gasteiger partial charge on any atom is 0.257 e. The minimum atomic E-state index is -2.81. The third kappa shape index (κ3) is 4.76. The van der Waals surface area contributed by atoms with E-state index in [-0.39, 0.29) is 53.8 Å². The van der Waals surface area contributed by atoms with Crippen LogP contribution in [0.2, 0.25) is 0 Å². The number of carbonyl (C=O) groups is 1. The fourth-order valence-corrected chi connectivity index (χ4v) is 3.81. The van der Waals surface area contributed by atoms with Gasteiger partial charge in [-0.3, -0.25) is 9.78 Å². The van der Waals surface area contributed by atoms with Crippen LogP contribution < -0.4 is 5.32 Å². The van der Waals surface area contributed by atoms with Crippen LogP contribution in [0.5, 0.6) is 5.88 Å². The molecule has 1 saturated carbocycles. The van der Waals surface area contributed by atoms with E-state index in [1.54, 1.807) is 0 Å². The molecule has 0 radical (unpaired) electrons. The van der Waals surface area contributed by atoms with Gasteiger partial charge in [-0.05, 0) is 31.0 Å². The number of nitrogens with zero attached hydrogens (tertiary/aromatic N) is 3. The Morgan fingerprint density at radius 1 is 1.03 bits per heavy atom. The molecule has 3 aromatic rings. The van der Waals surface area contributed by atoms with Gasteiger partial charge < -0.3 is 10.4 Å². The van der Waals surface area contributed by atoms with Gasteiger partial charge in [0.2, 0.25) is 17.8 Å². The minimum Gasteiger partial charge on any atom is -0.491 e. The number of rotatable bonds is 4. The van der Waals surface area contributed by atoms with Gasteiger partial charge in [0.1, 0.15) is 5.82 Å². The molecule has 4 rings (SSSR count). The first-order valence-corrected chi connectivity index (χ1v) is 9.98. The van der Waals surface area contributed by atoms with E-state index in [0.717, 1.165) is 18.3 Å². The van der Waals surface area contributed by atoms with Crippen LogP contribution in [0.25, 0.3) is 11.1 Å². The summed E-state index contributed by atoms with van der Waals surface area (Å²) in [7, 11) is 0. The summed E-state index contributed by atoms with van der Waals surface area (Å²) in [6.07, 6.45) is 2.26. The number of aromatic nitrogens is 3. The first-order valence-electron chi connectivity index (χ1n) is 9.98. The predicted molar refractivity (Wildman–Crippen MR) is 107 cm³/mol. The molecule has 3 aromatic heterocycles. The van der Waals surface area contributed by atoms with Crippen molar-refractivity contribution in [3.05, 3.63) is 65.6 Å². The van der Waals surface area contributed by atoms with Crippen molar-refractivity contribution in [2.75, 3.05) is 5.32 Å². The standard InChI is InChI=1S/C22H17F5N4O2/c23-13-8-15(19(25)29-10-13)14-3-6-28-17(11-1-4-22(26,27)5-2-11)18(14)31-20(32)12-7-16(24)21(33)30-9-12/h3,6-11H,1-2,4-5H2,(H,30,33)(H,31,32). The molecule has 6 nitrogen and oxygen atoms in total. The average Bonchev–Trinajstić information content (AvgIpc) is 2.77. The molecule has 1 aliphatic carbocycles. The van der Waals surface area contributed by atoms with Gasteiger partial charge in [-0.15, -0.1) is 0 Å². The normalized spacial score (nSPS) is 15.9. The van der Waals surface area contributed by atoms with Crippen molar-refractivity contribution in [1.82, 2.24) is 15.0 Å². The Hall–Kier alpha value is -3.63. The lowest BCUT2D eigenvalue weighted by molar-refractivity contribution is -0.0384. The monoisotopic (exact) mass is 464 g/mol. The van der Waals surface area contributed by atoms with E-state index in [9.17, 15) is 31.9 Å². The summed E-state index contributed by atoms with van der Waals surface area (Å²) in [6, 6.07) is 2.96. The first kappa shape index (κ1) is 22.6. The second-order valence-corrected chi connectivity index (χ2v) is 7.72.